The summed E-state index contributed by atoms with van der Waals surface area (Å²) in [6.45, 7) is 15.8. The highest BCUT2D eigenvalue weighted by molar-refractivity contribution is 6.12. The van der Waals surface area contributed by atoms with Crippen LogP contribution in [0.4, 0.5) is 17.1 Å². The number of fused-ring (bicyclic) bond motifs is 7. The number of aromatic nitrogens is 1. The maximum atomic E-state index is 4.30. The second-order valence-corrected chi connectivity index (χ2v) is 18.1. The molecule has 2 heteroatoms. The van der Waals surface area contributed by atoms with Crippen molar-refractivity contribution in [3.05, 3.63) is 235 Å². The van der Waals surface area contributed by atoms with Crippen LogP contribution in [0.1, 0.15) is 56.9 Å². The Morgan fingerprint density at radius 2 is 1.08 bits per heavy atom. The summed E-state index contributed by atoms with van der Waals surface area (Å²) >= 11 is 0. The second-order valence-electron chi connectivity index (χ2n) is 18.1. The molecule has 2 nitrogen and oxygen atoms in total. The van der Waals surface area contributed by atoms with Crippen LogP contribution in [0.3, 0.4) is 0 Å². The molecule has 0 saturated heterocycles. The molecule has 0 unspecified atom stereocenters. The third-order valence-corrected chi connectivity index (χ3v) is 13.9. The normalized spacial score (nSPS) is 14.6. The average molecular weight is 811 g/mol. The minimum absolute atomic E-state index is 0.151. The lowest BCUT2D eigenvalue weighted by Crippen LogP contribution is -2.20. The van der Waals surface area contributed by atoms with Gasteiger partial charge in [0.25, 0.3) is 0 Å². The molecule has 0 atom stereocenters. The molecule has 0 radical (unpaired) electrons. The van der Waals surface area contributed by atoms with Crippen LogP contribution in [-0.2, 0) is 10.8 Å². The van der Waals surface area contributed by atoms with Gasteiger partial charge < -0.3 is 9.47 Å². The Kier molecular flexibility index (Phi) is 8.92. The Hall–Kier alpha value is -7.42. The summed E-state index contributed by atoms with van der Waals surface area (Å²) < 4.78 is 2.44. The molecule has 2 aliphatic rings. The first-order chi connectivity index (χ1) is 30.7. The van der Waals surface area contributed by atoms with Crippen molar-refractivity contribution < 1.29 is 0 Å². The summed E-state index contributed by atoms with van der Waals surface area (Å²) in [6, 6.07) is 67.2. The molecule has 11 rings (SSSR count). The smallest absolute Gasteiger partial charge is 0.0544 e. The molecular weight excluding hydrogens is 761 g/mol. The van der Waals surface area contributed by atoms with Crippen LogP contribution in [-0.4, -0.2) is 4.57 Å². The van der Waals surface area contributed by atoms with Crippen LogP contribution >= 0.6 is 0 Å². The zero-order valence-electron chi connectivity index (χ0n) is 36.7. The predicted octanol–water partition coefficient (Wildman–Crippen LogP) is 16.7. The van der Waals surface area contributed by atoms with Crippen molar-refractivity contribution in [3.8, 4) is 39.1 Å². The molecule has 0 fully saturated rings. The van der Waals surface area contributed by atoms with E-state index in [9.17, 15) is 0 Å². The van der Waals surface area contributed by atoms with Crippen molar-refractivity contribution in [3.63, 3.8) is 0 Å². The Morgan fingerprint density at radius 3 is 1.76 bits per heavy atom. The molecule has 0 bridgehead atoms. The summed E-state index contributed by atoms with van der Waals surface area (Å²) in [4.78, 5) is 2.45. The summed E-state index contributed by atoms with van der Waals surface area (Å²) in [7, 11) is 0. The maximum absolute atomic E-state index is 4.30. The van der Waals surface area contributed by atoms with Crippen molar-refractivity contribution in [2.45, 2.75) is 45.4 Å². The van der Waals surface area contributed by atoms with Crippen LogP contribution < -0.4 is 4.90 Å². The number of allylic oxidation sites excluding steroid dienone is 5. The van der Waals surface area contributed by atoms with Gasteiger partial charge in [0.2, 0.25) is 0 Å². The van der Waals surface area contributed by atoms with Crippen molar-refractivity contribution in [2.24, 2.45) is 0 Å². The molecule has 9 aromatic rings. The largest absolute Gasteiger partial charge is 0.310 e. The molecule has 0 amide bonds. The predicted molar refractivity (Wildman–Crippen MR) is 269 cm³/mol. The fraction of sp³-hybridized carbons (Fsp3) is 0.115. The maximum Gasteiger partial charge on any atom is 0.0544 e. The lowest BCUT2D eigenvalue weighted by Gasteiger charge is -2.32. The van der Waals surface area contributed by atoms with E-state index < -0.39 is 0 Å². The van der Waals surface area contributed by atoms with Crippen LogP contribution in [0.15, 0.2) is 212 Å². The lowest BCUT2D eigenvalue weighted by molar-refractivity contribution is 0.654. The zero-order chi connectivity index (χ0) is 43.0. The first-order valence-corrected chi connectivity index (χ1v) is 22.2. The van der Waals surface area contributed by atoms with E-state index in [0.29, 0.717) is 0 Å². The summed E-state index contributed by atoms with van der Waals surface area (Å²) in [6.07, 6.45) is 6.46. The molecule has 0 saturated carbocycles. The van der Waals surface area contributed by atoms with E-state index >= 15 is 0 Å². The highest BCUT2D eigenvalue weighted by Crippen LogP contribution is 2.55. The molecule has 2 aliphatic carbocycles. The Labute approximate surface area is 371 Å². The number of rotatable bonds is 8. The van der Waals surface area contributed by atoms with Gasteiger partial charge in [-0.05, 0) is 140 Å². The number of nitrogens with zero attached hydrogens (tertiary/aromatic N) is 2. The van der Waals surface area contributed by atoms with Crippen LogP contribution in [0.5, 0.6) is 0 Å². The molecular formula is C61H50N2. The van der Waals surface area contributed by atoms with Gasteiger partial charge in [0.05, 0.1) is 16.7 Å². The standard InChI is InChI=1S/C61H50N2/c1-7-18-53-47(8-2)50-38-52-51-37-43(31-36-56(51)63(44-21-13-10-14-22-44)58(52)39-55(50)60(53,3)4)42-29-34-46(35-30-42)62(45-32-27-41(28-33-45)40-19-11-9-12-20-40)57-26-17-24-49-48-23-15-16-25-54(48)61(5,6)59(49)57/h7-39H,2H2,1,3-6H3/b18-7-. The van der Waals surface area contributed by atoms with E-state index in [1.54, 1.807) is 0 Å². The van der Waals surface area contributed by atoms with Gasteiger partial charge in [-0.3, -0.25) is 0 Å². The quantitative estimate of drug-likeness (QED) is 0.148. The molecule has 0 spiro atoms. The molecule has 1 aromatic heterocycles. The van der Waals surface area contributed by atoms with E-state index in [1.165, 1.54) is 94.3 Å². The number of hydrogen-bond acceptors (Lipinski definition) is 1. The van der Waals surface area contributed by atoms with Gasteiger partial charge in [-0.1, -0.05) is 168 Å². The van der Waals surface area contributed by atoms with Crippen molar-refractivity contribution in [2.75, 3.05) is 4.90 Å². The van der Waals surface area contributed by atoms with E-state index in [4.69, 9.17) is 0 Å². The first-order valence-electron chi connectivity index (χ1n) is 22.2. The fourth-order valence-electron chi connectivity index (χ4n) is 10.8. The monoisotopic (exact) mass is 810 g/mol. The highest BCUT2D eigenvalue weighted by atomic mass is 15.1. The molecule has 63 heavy (non-hydrogen) atoms. The van der Waals surface area contributed by atoms with Gasteiger partial charge in [-0.15, -0.1) is 0 Å². The minimum Gasteiger partial charge on any atom is -0.310 e. The number of hydrogen-bond donors (Lipinski definition) is 0. The van der Waals surface area contributed by atoms with Gasteiger partial charge >= 0.3 is 0 Å². The third kappa shape index (κ3) is 5.93. The Bertz CT molecular complexity index is 3320. The zero-order valence-corrected chi connectivity index (χ0v) is 36.7. The van der Waals surface area contributed by atoms with Crippen LogP contribution in [0.2, 0.25) is 0 Å². The van der Waals surface area contributed by atoms with Gasteiger partial charge in [0.15, 0.2) is 0 Å². The van der Waals surface area contributed by atoms with E-state index in [1.807, 2.05) is 6.08 Å². The van der Waals surface area contributed by atoms with Crippen molar-refractivity contribution in [1.29, 1.82) is 0 Å². The summed E-state index contributed by atoms with van der Waals surface area (Å²) in [5.74, 6) is 0. The summed E-state index contributed by atoms with van der Waals surface area (Å²) in [5, 5.41) is 2.48. The fourth-order valence-corrected chi connectivity index (χ4v) is 10.8. The number of para-hydroxylation sites is 1. The molecule has 8 aromatic carbocycles. The molecule has 1 heterocycles. The van der Waals surface area contributed by atoms with Gasteiger partial charge in [-0.2, -0.15) is 0 Å². The van der Waals surface area contributed by atoms with Gasteiger partial charge in [0, 0.05) is 38.7 Å². The van der Waals surface area contributed by atoms with Gasteiger partial charge in [0.1, 0.15) is 0 Å². The third-order valence-electron chi connectivity index (χ3n) is 13.9. The molecule has 0 N–H and O–H groups in total. The first kappa shape index (κ1) is 38.5. The number of anilines is 3. The summed E-state index contributed by atoms with van der Waals surface area (Å²) in [5.41, 5.74) is 22.0. The highest BCUT2D eigenvalue weighted by Gasteiger charge is 2.39. The van der Waals surface area contributed by atoms with Crippen molar-refractivity contribution >= 4 is 44.4 Å². The second kappa shape index (κ2) is 14.6. The van der Waals surface area contributed by atoms with Crippen LogP contribution in [0.25, 0.3) is 66.4 Å². The van der Waals surface area contributed by atoms with E-state index in [2.05, 4.69) is 245 Å². The van der Waals surface area contributed by atoms with E-state index in [0.717, 1.165) is 17.1 Å². The SMILES string of the molecule is C=CC1=C(/C=C\C)C(C)(C)c2cc3c(cc21)c1cc(-c2ccc(N(c4ccc(-c5ccccc5)cc4)c4cccc5c4C(C)(C)c4ccccc4-5)cc2)ccc1n3-c1ccccc1. The Morgan fingerprint density at radius 1 is 0.492 bits per heavy atom. The minimum atomic E-state index is -0.175. The Balaban J connectivity index is 1.06. The average Bonchev–Trinajstić information content (AvgIpc) is 3.85. The molecule has 304 valence electrons. The van der Waals surface area contributed by atoms with Crippen LogP contribution in [0, 0.1) is 0 Å². The van der Waals surface area contributed by atoms with Gasteiger partial charge in [-0.25, -0.2) is 0 Å². The lowest BCUT2D eigenvalue weighted by atomic mass is 9.80. The van der Waals surface area contributed by atoms with E-state index in [-0.39, 0.29) is 10.8 Å². The molecule has 0 aliphatic heterocycles. The number of benzene rings is 8. The topological polar surface area (TPSA) is 8.17 Å². The van der Waals surface area contributed by atoms with Crippen molar-refractivity contribution in [1.82, 2.24) is 4.57 Å².